The van der Waals surface area contributed by atoms with E-state index in [0.717, 1.165) is 6.54 Å². The first-order chi connectivity index (χ1) is 7.59. The predicted octanol–water partition coefficient (Wildman–Crippen LogP) is 0.874. The Labute approximate surface area is 95.2 Å². The summed E-state index contributed by atoms with van der Waals surface area (Å²) in [6.07, 6.45) is 5.28. The summed E-state index contributed by atoms with van der Waals surface area (Å²) in [6, 6.07) is 0. The molecule has 5 heteroatoms. The van der Waals surface area contributed by atoms with Crippen molar-refractivity contribution < 1.29 is 4.79 Å². The number of carbonyl (C=O) groups excluding carboxylic acids is 1. The number of aromatic nitrogens is 2. The molecule has 0 aliphatic heterocycles. The highest BCUT2D eigenvalue weighted by molar-refractivity contribution is 5.97. The number of nitrogen functional groups attached to an aromatic ring is 1. The van der Waals surface area contributed by atoms with Gasteiger partial charge in [-0.1, -0.05) is 6.42 Å². The van der Waals surface area contributed by atoms with E-state index < -0.39 is 0 Å². The molecule has 0 saturated heterocycles. The number of amides is 1. The molecule has 0 atom stereocenters. The van der Waals surface area contributed by atoms with E-state index in [0.29, 0.717) is 17.3 Å². The van der Waals surface area contributed by atoms with Crippen LogP contribution in [-0.2, 0) is 7.05 Å². The van der Waals surface area contributed by atoms with Crippen molar-refractivity contribution in [2.75, 3.05) is 19.3 Å². The minimum Gasteiger partial charge on any atom is -0.396 e. The maximum absolute atomic E-state index is 12.1. The SMILES string of the molecule is CN(CC1CCC1)C(=O)c1c(N)cnn1C. The minimum absolute atomic E-state index is 0.0376. The fourth-order valence-electron chi connectivity index (χ4n) is 2.04. The molecule has 2 rings (SSSR count). The number of aryl methyl sites for hydroxylation is 1. The minimum atomic E-state index is -0.0376. The van der Waals surface area contributed by atoms with E-state index in [1.807, 2.05) is 7.05 Å². The Hall–Kier alpha value is -1.52. The van der Waals surface area contributed by atoms with Crippen molar-refractivity contribution in [1.82, 2.24) is 14.7 Å². The van der Waals surface area contributed by atoms with Crippen LogP contribution in [0.1, 0.15) is 29.8 Å². The van der Waals surface area contributed by atoms with Crippen LogP contribution in [-0.4, -0.2) is 34.2 Å². The highest BCUT2D eigenvalue weighted by atomic mass is 16.2. The van der Waals surface area contributed by atoms with Crippen molar-refractivity contribution in [3.8, 4) is 0 Å². The van der Waals surface area contributed by atoms with Gasteiger partial charge in [0, 0.05) is 20.6 Å². The van der Waals surface area contributed by atoms with Gasteiger partial charge in [-0.05, 0) is 18.8 Å². The highest BCUT2D eigenvalue weighted by Crippen LogP contribution is 2.27. The maximum Gasteiger partial charge on any atom is 0.274 e. The fraction of sp³-hybridized carbons (Fsp3) is 0.636. The Morgan fingerprint density at radius 2 is 2.38 bits per heavy atom. The first-order valence-electron chi connectivity index (χ1n) is 5.62. The standard InChI is InChI=1S/C11H18N4O/c1-14(7-8-4-3-5-8)11(16)10-9(12)6-13-15(10)2/h6,8H,3-5,7,12H2,1-2H3. The van der Waals surface area contributed by atoms with Crippen LogP contribution in [0.5, 0.6) is 0 Å². The van der Waals surface area contributed by atoms with Crippen LogP contribution < -0.4 is 5.73 Å². The molecule has 2 N–H and O–H groups in total. The van der Waals surface area contributed by atoms with Crippen LogP contribution in [0, 0.1) is 5.92 Å². The van der Waals surface area contributed by atoms with Crippen molar-refractivity contribution in [2.45, 2.75) is 19.3 Å². The van der Waals surface area contributed by atoms with Crippen LogP contribution in [0.25, 0.3) is 0 Å². The zero-order valence-electron chi connectivity index (χ0n) is 9.81. The van der Waals surface area contributed by atoms with E-state index in [1.165, 1.54) is 30.1 Å². The Morgan fingerprint density at radius 1 is 1.69 bits per heavy atom. The molecule has 5 nitrogen and oxygen atoms in total. The van der Waals surface area contributed by atoms with Gasteiger partial charge in [0.2, 0.25) is 0 Å². The van der Waals surface area contributed by atoms with Gasteiger partial charge in [-0.3, -0.25) is 9.48 Å². The second-order valence-corrected chi connectivity index (χ2v) is 4.55. The summed E-state index contributed by atoms with van der Waals surface area (Å²) in [6.45, 7) is 0.823. The van der Waals surface area contributed by atoms with Crippen LogP contribution >= 0.6 is 0 Å². The van der Waals surface area contributed by atoms with Gasteiger partial charge in [-0.15, -0.1) is 0 Å². The van der Waals surface area contributed by atoms with Crippen LogP contribution in [0.2, 0.25) is 0 Å². The van der Waals surface area contributed by atoms with Gasteiger partial charge in [0.25, 0.3) is 5.91 Å². The molecule has 0 aromatic carbocycles. The summed E-state index contributed by atoms with van der Waals surface area (Å²) in [5, 5.41) is 3.98. The van der Waals surface area contributed by atoms with E-state index in [4.69, 9.17) is 5.73 Å². The van der Waals surface area contributed by atoms with Crippen molar-refractivity contribution >= 4 is 11.6 Å². The normalized spacial score (nSPS) is 15.9. The zero-order chi connectivity index (χ0) is 11.7. The number of hydrogen-bond acceptors (Lipinski definition) is 3. The molecule has 1 saturated carbocycles. The third kappa shape index (κ3) is 1.89. The largest absolute Gasteiger partial charge is 0.396 e. The van der Waals surface area contributed by atoms with Gasteiger partial charge in [0.05, 0.1) is 11.9 Å². The topological polar surface area (TPSA) is 64.2 Å². The molecule has 1 aromatic rings. The monoisotopic (exact) mass is 222 g/mol. The van der Waals surface area contributed by atoms with Crippen LogP contribution in [0.15, 0.2) is 6.20 Å². The first kappa shape index (κ1) is 11.0. The molecule has 0 unspecified atom stereocenters. The smallest absolute Gasteiger partial charge is 0.274 e. The average Bonchev–Trinajstić information content (AvgIpc) is 2.51. The summed E-state index contributed by atoms with van der Waals surface area (Å²) in [4.78, 5) is 13.9. The number of carbonyl (C=O) groups is 1. The molecule has 16 heavy (non-hydrogen) atoms. The molecule has 0 spiro atoms. The molecule has 88 valence electrons. The van der Waals surface area contributed by atoms with Crippen LogP contribution in [0.3, 0.4) is 0 Å². The maximum atomic E-state index is 12.1. The Kier molecular flexibility index (Phi) is 2.85. The lowest BCUT2D eigenvalue weighted by atomic mass is 9.85. The third-order valence-corrected chi connectivity index (χ3v) is 3.27. The number of rotatable bonds is 3. The van der Waals surface area contributed by atoms with E-state index in [9.17, 15) is 4.79 Å². The van der Waals surface area contributed by atoms with Gasteiger partial charge in [0.15, 0.2) is 0 Å². The molecule has 1 aliphatic carbocycles. The third-order valence-electron chi connectivity index (χ3n) is 3.27. The number of nitrogens with two attached hydrogens (primary N) is 1. The van der Waals surface area contributed by atoms with Gasteiger partial charge in [0.1, 0.15) is 5.69 Å². The Bertz CT molecular complexity index is 375. The predicted molar refractivity (Wildman–Crippen MR) is 61.9 cm³/mol. The Morgan fingerprint density at radius 3 is 2.81 bits per heavy atom. The molecule has 1 aliphatic rings. The van der Waals surface area contributed by atoms with Crippen molar-refractivity contribution in [3.05, 3.63) is 11.9 Å². The fourth-order valence-corrected chi connectivity index (χ4v) is 2.04. The second-order valence-electron chi connectivity index (χ2n) is 4.55. The summed E-state index contributed by atoms with van der Waals surface area (Å²) < 4.78 is 1.54. The van der Waals surface area contributed by atoms with E-state index >= 15 is 0 Å². The van der Waals surface area contributed by atoms with Gasteiger partial charge in [-0.25, -0.2) is 0 Å². The summed E-state index contributed by atoms with van der Waals surface area (Å²) in [7, 11) is 3.56. The number of hydrogen-bond donors (Lipinski definition) is 1. The molecule has 1 heterocycles. The summed E-state index contributed by atoms with van der Waals surface area (Å²) >= 11 is 0. The molecule has 1 fully saturated rings. The molecule has 1 amide bonds. The van der Waals surface area contributed by atoms with E-state index in [2.05, 4.69) is 5.10 Å². The van der Waals surface area contributed by atoms with Crippen molar-refractivity contribution in [1.29, 1.82) is 0 Å². The lowest BCUT2D eigenvalue weighted by Gasteiger charge is -2.30. The molecule has 0 radical (unpaired) electrons. The second kappa shape index (κ2) is 4.15. The van der Waals surface area contributed by atoms with Crippen molar-refractivity contribution in [2.24, 2.45) is 13.0 Å². The average molecular weight is 222 g/mol. The van der Waals surface area contributed by atoms with Gasteiger partial charge < -0.3 is 10.6 Å². The van der Waals surface area contributed by atoms with E-state index in [-0.39, 0.29) is 5.91 Å². The quantitative estimate of drug-likeness (QED) is 0.825. The lowest BCUT2D eigenvalue weighted by molar-refractivity contribution is 0.0735. The van der Waals surface area contributed by atoms with Gasteiger partial charge >= 0.3 is 0 Å². The molecular weight excluding hydrogens is 204 g/mol. The van der Waals surface area contributed by atoms with Crippen molar-refractivity contribution in [3.63, 3.8) is 0 Å². The highest BCUT2D eigenvalue weighted by Gasteiger charge is 2.24. The Balaban J connectivity index is 2.05. The number of nitrogens with zero attached hydrogens (tertiary/aromatic N) is 3. The first-order valence-corrected chi connectivity index (χ1v) is 5.62. The summed E-state index contributed by atoms with van der Waals surface area (Å²) in [5.41, 5.74) is 6.67. The van der Waals surface area contributed by atoms with Crippen LogP contribution in [0.4, 0.5) is 5.69 Å². The van der Waals surface area contributed by atoms with Gasteiger partial charge in [-0.2, -0.15) is 5.10 Å². The summed E-state index contributed by atoms with van der Waals surface area (Å²) in [5.74, 6) is 0.632. The number of anilines is 1. The molecule has 1 aromatic heterocycles. The lowest BCUT2D eigenvalue weighted by Crippen LogP contribution is -2.35. The molecule has 0 bridgehead atoms. The zero-order valence-corrected chi connectivity index (χ0v) is 9.81. The van der Waals surface area contributed by atoms with E-state index in [1.54, 1.807) is 11.9 Å². The molecular formula is C11H18N4O.